The van der Waals surface area contributed by atoms with E-state index in [1.165, 1.54) is 0 Å². The summed E-state index contributed by atoms with van der Waals surface area (Å²) in [5, 5.41) is 12.3. The molecule has 2 aromatic rings. The predicted molar refractivity (Wildman–Crippen MR) is 75.3 cm³/mol. The lowest BCUT2D eigenvalue weighted by Gasteiger charge is -2.12. The van der Waals surface area contributed by atoms with Gasteiger partial charge in [0.1, 0.15) is 0 Å². The van der Waals surface area contributed by atoms with E-state index < -0.39 is 5.97 Å². The number of carboxylic acid groups (broad SMARTS) is 1. The molecule has 0 aliphatic rings. The van der Waals surface area contributed by atoms with Gasteiger partial charge < -0.3 is 10.4 Å². The van der Waals surface area contributed by atoms with E-state index in [9.17, 15) is 9.59 Å². The van der Waals surface area contributed by atoms with Crippen LogP contribution in [0.25, 0.3) is 10.9 Å². The summed E-state index contributed by atoms with van der Waals surface area (Å²) in [6.45, 7) is 1.67. The number of benzene rings is 1. The van der Waals surface area contributed by atoms with Gasteiger partial charge in [-0.05, 0) is 18.6 Å². The molecule has 5 heteroatoms. The Morgan fingerprint density at radius 2 is 2.05 bits per heavy atom. The summed E-state index contributed by atoms with van der Waals surface area (Å²) >= 11 is 0. The molecule has 5 nitrogen and oxygen atoms in total. The Hall–Kier alpha value is -2.43. The number of pyridine rings is 1. The van der Waals surface area contributed by atoms with E-state index in [1.54, 1.807) is 13.1 Å². The van der Waals surface area contributed by atoms with Gasteiger partial charge >= 0.3 is 5.97 Å². The molecule has 1 aromatic heterocycles. The first-order valence-electron chi connectivity index (χ1n) is 6.40. The third-order valence-corrected chi connectivity index (χ3v) is 2.96. The molecule has 20 heavy (non-hydrogen) atoms. The van der Waals surface area contributed by atoms with Crippen LogP contribution in [0, 0.1) is 0 Å². The average Bonchev–Trinajstić information content (AvgIpc) is 2.38. The van der Waals surface area contributed by atoms with E-state index in [0.29, 0.717) is 0 Å². The molecule has 0 saturated carbocycles. The van der Waals surface area contributed by atoms with E-state index in [0.717, 1.165) is 16.5 Å². The maximum Gasteiger partial charge on any atom is 0.305 e. The summed E-state index contributed by atoms with van der Waals surface area (Å²) in [6.07, 6.45) is 1.80. The molecule has 0 spiro atoms. The molecule has 0 saturated heterocycles. The second-order valence-electron chi connectivity index (χ2n) is 4.74. The monoisotopic (exact) mass is 272 g/mol. The third kappa shape index (κ3) is 3.54. The molecule has 0 fully saturated rings. The maximum atomic E-state index is 11.9. The zero-order chi connectivity index (χ0) is 14.5. The summed E-state index contributed by atoms with van der Waals surface area (Å²) in [7, 11) is 0. The van der Waals surface area contributed by atoms with Crippen molar-refractivity contribution in [3.8, 4) is 0 Å². The highest BCUT2D eigenvalue weighted by Crippen LogP contribution is 2.16. The highest BCUT2D eigenvalue weighted by atomic mass is 16.4. The van der Waals surface area contributed by atoms with Gasteiger partial charge in [0.15, 0.2) is 0 Å². The molecule has 0 aliphatic carbocycles. The summed E-state index contributed by atoms with van der Waals surface area (Å²) in [6, 6.07) is 9.08. The third-order valence-electron chi connectivity index (χ3n) is 2.96. The van der Waals surface area contributed by atoms with Crippen molar-refractivity contribution in [3.63, 3.8) is 0 Å². The number of fused-ring (bicyclic) bond motifs is 1. The first-order valence-corrected chi connectivity index (χ1v) is 6.40. The second-order valence-corrected chi connectivity index (χ2v) is 4.74. The maximum absolute atomic E-state index is 11.9. The van der Waals surface area contributed by atoms with Crippen molar-refractivity contribution in [3.05, 3.63) is 42.1 Å². The molecule has 1 unspecified atom stereocenters. The van der Waals surface area contributed by atoms with E-state index in [-0.39, 0.29) is 24.8 Å². The van der Waals surface area contributed by atoms with Crippen molar-refractivity contribution >= 4 is 22.8 Å². The minimum absolute atomic E-state index is 0.0838. The molecule has 1 atom stereocenters. The smallest absolute Gasteiger partial charge is 0.305 e. The first kappa shape index (κ1) is 14.0. The van der Waals surface area contributed by atoms with E-state index in [4.69, 9.17) is 5.11 Å². The molecule has 2 N–H and O–H groups in total. The average molecular weight is 272 g/mol. The van der Waals surface area contributed by atoms with Crippen LogP contribution in [0.3, 0.4) is 0 Å². The number of aromatic nitrogens is 1. The van der Waals surface area contributed by atoms with Crippen LogP contribution in [0.4, 0.5) is 0 Å². The van der Waals surface area contributed by atoms with Crippen molar-refractivity contribution in [2.75, 3.05) is 0 Å². The molecule has 1 heterocycles. The van der Waals surface area contributed by atoms with Gasteiger partial charge in [-0.3, -0.25) is 14.6 Å². The van der Waals surface area contributed by atoms with Crippen LogP contribution in [-0.2, 0) is 16.0 Å². The number of carbonyl (C=O) groups excluding carboxylic acids is 1. The van der Waals surface area contributed by atoms with Crippen LogP contribution in [0.5, 0.6) is 0 Å². The predicted octanol–water partition coefficient (Wildman–Crippen LogP) is 1.76. The Balaban J connectivity index is 2.08. The fourth-order valence-electron chi connectivity index (χ4n) is 2.12. The van der Waals surface area contributed by atoms with Crippen molar-refractivity contribution in [2.24, 2.45) is 0 Å². The summed E-state index contributed by atoms with van der Waals surface area (Å²) in [5.41, 5.74) is 1.64. The Morgan fingerprint density at radius 1 is 1.30 bits per heavy atom. The van der Waals surface area contributed by atoms with Gasteiger partial charge in [-0.15, -0.1) is 0 Å². The quantitative estimate of drug-likeness (QED) is 0.869. The second kappa shape index (κ2) is 6.14. The van der Waals surface area contributed by atoms with Crippen molar-refractivity contribution in [1.29, 1.82) is 0 Å². The van der Waals surface area contributed by atoms with Crippen LogP contribution < -0.4 is 5.32 Å². The minimum atomic E-state index is -0.926. The molecule has 0 bridgehead atoms. The Labute approximate surface area is 116 Å². The van der Waals surface area contributed by atoms with E-state index in [2.05, 4.69) is 10.3 Å². The van der Waals surface area contributed by atoms with E-state index >= 15 is 0 Å². The molecule has 104 valence electrons. The topological polar surface area (TPSA) is 79.3 Å². The number of hydrogen-bond acceptors (Lipinski definition) is 3. The van der Waals surface area contributed by atoms with Crippen LogP contribution in [0.1, 0.15) is 18.9 Å². The number of hydrogen-bond donors (Lipinski definition) is 2. The summed E-state index contributed by atoms with van der Waals surface area (Å²) in [5.74, 6) is -1.12. The van der Waals surface area contributed by atoms with Crippen molar-refractivity contribution in [2.45, 2.75) is 25.8 Å². The summed E-state index contributed by atoms with van der Waals surface area (Å²) in [4.78, 5) is 26.8. The number of rotatable bonds is 5. The molecular weight excluding hydrogens is 256 g/mol. The molecule has 1 amide bonds. The fraction of sp³-hybridized carbons (Fsp3) is 0.267. The van der Waals surface area contributed by atoms with Crippen LogP contribution in [-0.4, -0.2) is 28.0 Å². The Bertz CT molecular complexity index is 635. The van der Waals surface area contributed by atoms with Crippen molar-refractivity contribution in [1.82, 2.24) is 10.3 Å². The minimum Gasteiger partial charge on any atom is -0.481 e. The molecule has 1 aromatic carbocycles. The lowest BCUT2D eigenvalue weighted by Crippen LogP contribution is -2.35. The fourth-order valence-corrected chi connectivity index (χ4v) is 2.12. The largest absolute Gasteiger partial charge is 0.481 e. The van der Waals surface area contributed by atoms with Gasteiger partial charge in [-0.25, -0.2) is 0 Å². The van der Waals surface area contributed by atoms with Crippen LogP contribution in [0.15, 0.2) is 36.5 Å². The lowest BCUT2D eigenvalue weighted by atomic mass is 10.1. The Kier molecular flexibility index (Phi) is 4.30. The molecule has 0 aliphatic heterocycles. The van der Waals surface area contributed by atoms with Gasteiger partial charge in [0.2, 0.25) is 5.91 Å². The zero-order valence-electron chi connectivity index (χ0n) is 11.2. The van der Waals surface area contributed by atoms with Gasteiger partial charge in [0.25, 0.3) is 0 Å². The van der Waals surface area contributed by atoms with Gasteiger partial charge in [0.05, 0.1) is 18.4 Å². The number of nitrogens with one attached hydrogen (secondary N) is 1. The van der Waals surface area contributed by atoms with Crippen LogP contribution in [0.2, 0.25) is 0 Å². The normalized spacial score (nSPS) is 12.1. The highest BCUT2D eigenvalue weighted by molar-refractivity contribution is 5.87. The number of carboxylic acids is 1. The summed E-state index contributed by atoms with van der Waals surface area (Å²) < 4.78 is 0. The first-order chi connectivity index (χ1) is 9.56. The number of aliphatic carboxylic acids is 1. The van der Waals surface area contributed by atoms with Gasteiger partial charge in [-0.1, -0.05) is 24.3 Å². The van der Waals surface area contributed by atoms with Crippen molar-refractivity contribution < 1.29 is 14.7 Å². The Morgan fingerprint density at radius 3 is 2.80 bits per heavy atom. The number of carbonyl (C=O) groups is 2. The SMILES string of the molecule is CC(CC(=O)O)NC(=O)Cc1cccc2cccnc12. The van der Waals surface area contributed by atoms with Gasteiger partial charge in [-0.2, -0.15) is 0 Å². The van der Waals surface area contributed by atoms with E-state index in [1.807, 2.05) is 30.3 Å². The number of amides is 1. The number of para-hydroxylation sites is 1. The molecule has 2 rings (SSSR count). The van der Waals surface area contributed by atoms with Gasteiger partial charge in [0, 0.05) is 17.6 Å². The molecule has 0 radical (unpaired) electrons. The lowest BCUT2D eigenvalue weighted by molar-refractivity contribution is -0.137. The standard InChI is InChI=1S/C15H16N2O3/c1-10(8-14(19)20)17-13(18)9-12-5-2-4-11-6-3-7-16-15(11)12/h2-7,10H,8-9H2,1H3,(H,17,18)(H,19,20). The number of nitrogens with zero attached hydrogens (tertiary/aromatic N) is 1. The van der Waals surface area contributed by atoms with Crippen LogP contribution >= 0.6 is 0 Å². The highest BCUT2D eigenvalue weighted by Gasteiger charge is 2.12. The zero-order valence-corrected chi connectivity index (χ0v) is 11.2. The molecular formula is C15H16N2O3.